The van der Waals surface area contributed by atoms with E-state index in [1.165, 1.54) is 17.9 Å². The van der Waals surface area contributed by atoms with Gasteiger partial charge in [0.05, 0.1) is 26.0 Å². The van der Waals surface area contributed by atoms with Crippen molar-refractivity contribution in [3.05, 3.63) is 74.3 Å². The van der Waals surface area contributed by atoms with Crippen molar-refractivity contribution in [2.75, 3.05) is 13.7 Å². The van der Waals surface area contributed by atoms with Crippen LogP contribution in [0, 0.1) is 6.92 Å². The second-order valence-electron chi connectivity index (χ2n) is 11.1. The highest BCUT2D eigenvalue weighted by Gasteiger charge is 2.38. The van der Waals surface area contributed by atoms with Crippen LogP contribution in [0.25, 0.3) is 0 Å². The Hall–Kier alpha value is -4.50. The first kappa shape index (κ1) is 31.4. The molecule has 2 aromatic heterocycles. The number of hydrogen-bond acceptors (Lipinski definition) is 11. The minimum Gasteiger partial charge on any atom is -0.487 e. The highest BCUT2D eigenvalue weighted by molar-refractivity contribution is 5.81. The molecule has 3 aromatic rings. The van der Waals surface area contributed by atoms with Crippen LogP contribution in [-0.2, 0) is 32.0 Å². The molecule has 4 atom stereocenters. The van der Waals surface area contributed by atoms with Gasteiger partial charge in [-0.25, -0.2) is 19.1 Å². The Labute approximate surface area is 246 Å². The van der Waals surface area contributed by atoms with E-state index in [0.29, 0.717) is 23.4 Å². The summed E-state index contributed by atoms with van der Waals surface area (Å²) in [5, 5.41) is 20.8. The van der Waals surface area contributed by atoms with Gasteiger partial charge in [0.1, 0.15) is 42.0 Å². The zero-order valence-electron chi connectivity index (χ0n) is 24.6. The number of aliphatic hydroxyl groups excluding tert-OH is 1. The Morgan fingerprint density at radius 2 is 1.93 bits per heavy atom. The maximum atomic E-state index is 12.3. The molecular weight excluding hydrogens is 564 g/mol. The Bertz CT molecular complexity index is 1540. The fraction of sp³-hybridized carbons (Fsp3) is 0.500. The number of aromatic amines is 1. The molecule has 1 aliphatic rings. The lowest BCUT2D eigenvalue weighted by atomic mass is 10.1. The number of amides is 1. The molecule has 1 amide bonds. The third-order valence-electron chi connectivity index (χ3n) is 6.66. The minimum atomic E-state index is -0.935. The number of rotatable bonds is 10. The van der Waals surface area contributed by atoms with Gasteiger partial charge in [0.15, 0.2) is 0 Å². The molecule has 43 heavy (non-hydrogen) atoms. The number of carbonyl (C=O) groups excluding carboxylic acids is 2. The summed E-state index contributed by atoms with van der Waals surface area (Å²) < 4.78 is 24.7. The van der Waals surface area contributed by atoms with Gasteiger partial charge in [-0.3, -0.25) is 14.3 Å². The molecule has 4 rings (SSSR count). The van der Waals surface area contributed by atoms with Crippen molar-refractivity contribution in [2.45, 2.75) is 77.2 Å². The van der Waals surface area contributed by atoms with Crippen LogP contribution in [0.15, 0.2) is 46.2 Å². The number of alkyl carbamates (subject to hydrolysis) is 1. The quantitative estimate of drug-likeness (QED) is 0.283. The van der Waals surface area contributed by atoms with E-state index in [1.54, 1.807) is 62.8 Å². The fourth-order valence-corrected chi connectivity index (χ4v) is 4.57. The topological polar surface area (TPSA) is 189 Å². The van der Waals surface area contributed by atoms with Crippen LogP contribution in [0.4, 0.5) is 4.79 Å². The van der Waals surface area contributed by atoms with Crippen LogP contribution < -0.4 is 21.3 Å². The van der Waals surface area contributed by atoms with E-state index in [9.17, 15) is 24.3 Å². The van der Waals surface area contributed by atoms with Crippen LogP contribution in [0.5, 0.6) is 5.75 Å². The van der Waals surface area contributed by atoms with Gasteiger partial charge in [-0.15, -0.1) is 5.10 Å². The second-order valence-corrected chi connectivity index (χ2v) is 11.1. The molecule has 15 heteroatoms. The lowest BCUT2D eigenvalue weighted by molar-refractivity contribution is -0.143. The zero-order valence-corrected chi connectivity index (χ0v) is 24.6. The summed E-state index contributed by atoms with van der Waals surface area (Å²) in [6, 6.07) is 5.63. The molecule has 0 bridgehead atoms. The number of aryl methyl sites for hydroxylation is 1. The van der Waals surface area contributed by atoms with Crippen molar-refractivity contribution >= 4 is 12.1 Å². The summed E-state index contributed by atoms with van der Waals surface area (Å²) in [5.74, 6) is -0.0594. The molecule has 0 spiro atoms. The average Bonchev–Trinajstić information content (AvgIpc) is 3.60. The van der Waals surface area contributed by atoms with Crippen LogP contribution >= 0.6 is 0 Å². The third-order valence-corrected chi connectivity index (χ3v) is 6.66. The first-order valence-corrected chi connectivity index (χ1v) is 13.6. The van der Waals surface area contributed by atoms with Crippen molar-refractivity contribution in [3.8, 4) is 5.75 Å². The predicted molar refractivity (Wildman–Crippen MR) is 150 cm³/mol. The number of benzene rings is 1. The zero-order chi connectivity index (χ0) is 31.3. The number of esters is 1. The number of nitrogens with zero attached hydrogens (tertiary/aromatic N) is 4. The van der Waals surface area contributed by atoms with E-state index in [0.717, 1.165) is 5.56 Å². The number of nitrogens with one attached hydrogen (secondary N) is 2. The molecule has 232 valence electrons. The lowest BCUT2D eigenvalue weighted by Gasteiger charge is -2.22. The molecule has 0 saturated carbocycles. The predicted octanol–water partition coefficient (Wildman–Crippen LogP) is 1.15. The van der Waals surface area contributed by atoms with E-state index < -0.39 is 53.3 Å². The number of hydrogen-bond donors (Lipinski definition) is 3. The molecule has 3 heterocycles. The van der Waals surface area contributed by atoms with Gasteiger partial charge in [0, 0.05) is 24.6 Å². The first-order valence-electron chi connectivity index (χ1n) is 13.6. The maximum Gasteiger partial charge on any atom is 0.408 e. The Morgan fingerprint density at radius 3 is 2.58 bits per heavy atom. The molecule has 15 nitrogen and oxygen atoms in total. The smallest absolute Gasteiger partial charge is 0.408 e. The number of aliphatic hydroxyl groups is 1. The van der Waals surface area contributed by atoms with Crippen molar-refractivity contribution < 1.29 is 33.6 Å². The van der Waals surface area contributed by atoms with Gasteiger partial charge in [0.2, 0.25) is 0 Å². The van der Waals surface area contributed by atoms with E-state index in [4.69, 9.17) is 18.9 Å². The Kier molecular flexibility index (Phi) is 9.66. The van der Waals surface area contributed by atoms with Crippen LogP contribution in [0.3, 0.4) is 0 Å². The van der Waals surface area contributed by atoms with Gasteiger partial charge in [-0.05, 0) is 45.4 Å². The van der Waals surface area contributed by atoms with Crippen molar-refractivity contribution in [1.82, 2.24) is 29.9 Å². The number of methoxy groups -OCH3 is 1. The molecule has 1 fully saturated rings. The number of ether oxygens (including phenoxy) is 4. The SMILES string of the molecule is COC(=O)C(Cc1ccc(OCc2cn([C@H]3C[C@H](n4cc(C)c(=O)[nH]c4=O)O[C@@H]3CO)nn2)cc1)NC(=O)OC(C)(C)C. The van der Waals surface area contributed by atoms with Crippen molar-refractivity contribution in [3.63, 3.8) is 0 Å². The average molecular weight is 601 g/mol. The van der Waals surface area contributed by atoms with Gasteiger partial charge in [0.25, 0.3) is 5.56 Å². The standard InChI is InChI=1S/C28H36N6O9/c1-16-12-33(26(38)30-24(16)36)23-11-21(22(14-35)42-23)34-13-18(31-32-34)15-41-19-8-6-17(7-9-19)10-20(25(37)40-5)29-27(39)43-28(2,3)4/h6-9,12-13,20-23,35H,10-11,14-15H2,1-5H3,(H,29,39)(H,30,36,38)/t20?,21-,22+,23+/m0/s1. The molecular formula is C28H36N6O9. The minimum absolute atomic E-state index is 0.101. The Morgan fingerprint density at radius 1 is 1.21 bits per heavy atom. The van der Waals surface area contributed by atoms with E-state index in [1.807, 2.05) is 0 Å². The monoisotopic (exact) mass is 600 g/mol. The molecule has 3 N–H and O–H groups in total. The van der Waals surface area contributed by atoms with Gasteiger partial charge in [-0.2, -0.15) is 0 Å². The molecule has 1 saturated heterocycles. The second kappa shape index (κ2) is 13.2. The van der Waals surface area contributed by atoms with Gasteiger partial charge >= 0.3 is 17.8 Å². The summed E-state index contributed by atoms with van der Waals surface area (Å²) in [5.41, 5.74) is -0.141. The first-order chi connectivity index (χ1) is 20.4. The lowest BCUT2D eigenvalue weighted by Crippen LogP contribution is -2.45. The Balaban J connectivity index is 1.35. The maximum absolute atomic E-state index is 12.3. The van der Waals surface area contributed by atoms with Crippen LogP contribution in [0.1, 0.15) is 56.3 Å². The number of aromatic nitrogens is 5. The van der Waals surface area contributed by atoms with Gasteiger partial charge in [-0.1, -0.05) is 17.3 Å². The fourth-order valence-electron chi connectivity index (χ4n) is 4.57. The third kappa shape index (κ3) is 8.08. The highest BCUT2D eigenvalue weighted by atomic mass is 16.6. The normalized spacial score (nSPS) is 19.1. The van der Waals surface area contributed by atoms with E-state index >= 15 is 0 Å². The van der Waals surface area contributed by atoms with Crippen LogP contribution in [-0.4, -0.2) is 73.2 Å². The summed E-state index contributed by atoms with van der Waals surface area (Å²) in [6.45, 7) is 6.56. The van der Waals surface area contributed by atoms with Crippen molar-refractivity contribution in [1.29, 1.82) is 0 Å². The molecule has 1 unspecified atom stereocenters. The summed E-state index contributed by atoms with van der Waals surface area (Å²) in [4.78, 5) is 50.7. The molecule has 1 aliphatic heterocycles. The summed E-state index contributed by atoms with van der Waals surface area (Å²) in [7, 11) is 1.25. The summed E-state index contributed by atoms with van der Waals surface area (Å²) >= 11 is 0. The van der Waals surface area contributed by atoms with E-state index in [2.05, 4.69) is 20.6 Å². The number of carbonyl (C=O) groups is 2. The summed E-state index contributed by atoms with van der Waals surface area (Å²) in [6.07, 6.45) is 1.54. The molecule has 1 aromatic carbocycles. The van der Waals surface area contributed by atoms with Gasteiger partial charge < -0.3 is 29.4 Å². The molecule has 0 aliphatic carbocycles. The largest absolute Gasteiger partial charge is 0.487 e. The molecule has 0 radical (unpaired) electrons. The van der Waals surface area contributed by atoms with Crippen molar-refractivity contribution in [2.24, 2.45) is 0 Å². The number of H-pyrrole nitrogens is 1. The highest BCUT2D eigenvalue weighted by Crippen LogP contribution is 2.35. The van der Waals surface area contributed by atoms with Crippen LogP contribution in [0.2, 0.25) is 0 Å². The van der Waals surface area contributed by atoms with E-state index in [-0.39, 0.29) is 19.6 Å².